The van der Waals surface area contributed by atoms with Crippen LogP contribution in [0.25, 0.3) is 23.3 Å². The molecule has 3 rings (SSSR count). The third-order valence-electron chi connectivity index (χ3n) is 4.30. The summed E-state index contributed by atoms with van der Waals surface area (Å²) >= 11 is 0. The van der Waals surface area contributed by atoms with Gasteiger partial charge in [-0.3, -0.25) is 0 Å². The van der Waals surface area contributed by atoms with Gasteiger partial charge in [0.25, 0.3) is 0 Å². The van der Waals surface area contributed by atoms with Crippen molar-refractivity contribution in [1.29, 1.82) is 0 Å². The summed E-state index contributed by atoms with van der Waals surface area (Å²) in [4.78, 5) is 0. The molecule has 0 saturated heterocycles. The molecule has 0 aliphatic carbocycles. The molecule has 1 unspecified atom stereocenters. The average molecular weight is 310 g/mol. The van der Waals surface area contributed by atoms with Gasteiger partial charge in [-0.2, -0.15) is 0 Å². The minimum atomic E-state index is 0.397. The maximum absolute atomic E-state index is 3.85. The number of hydrogen-bond acceptors (Lipinski definition) is 0. The molecule has 0 aliphatic heterocycles. The van der Waals surface area contributed by atoms with Crippen LogP contribution < -0.4 is 0 Å². The summed E-state index contributed by atoms with van der Waals surface area (Å²) in [6.07, 6.45) is 6.28. The smallest absolute Gasteiger partial charge is 0.00131 e. The van der Waals surface area contributed by atoms with Gasteiger partial charge in [-0.15, -0.1) is 6.58 Å². The number of hydrogen-bond donors (Lipinski definition) is 0. The van der Waals surface area contributed by atoms with E-state index in [4.69, 9.17) is 0 Å². The van der Waals surface area contributed by atoms with Crippen molar-refractivity contribution in [2.45, 2.75) is 12.8 Å². The predicted molar refractivity (Wildman–Crippen MR) is 106 cm³/mol. The largest absolute Gasteiger partial charge is 0.102 e. The maximum atomic E-state index is 3.85. The van der Waals surface area contributed by atoms with Crippen LogP contribution in [0.1, 0.15) is 29.5 Å². The Morgan fingerprint density at radius 2 is 1.17 bits per heavy atom. The molecule has 0 radical (unpaired) electrons. The van der Waals surface area contributed by atoms with Crippen LogP contribution >= 0.6 is 0 Å². The fourth-order valence-electron chi connectivity index (χ4n) is 2.66. The van der Waals surface area contributed by atoms with Gasteiger partial charge in [-0.25, -0.2) is 0 Å². The summed E-state index contributed by atoms with van der Waals surface area (Å²) in [6, 6.07) is 27.8. The second-order valence-corrected chi connectivity index (χ2v) is 6.01. The fraction of sp³-hybridized carbons (Fsp3) is 0.0833. The molecule has 0 aromatic heterocycles. The molecule has 0 nitrogen and oxygen atoms in total. The van der Waals surface area contributed by atoms with Crippen LogP contribution in [0.2, 0.25) is 0 Å². The third-order valence-corrected chi connectivity index (χ3v) is 4.30. The zero-order valence-electron chi connectivity index (χ0n) is 14.0. The van der Waals surface area contributed by atoms with Crippen molar-refractivity contribution in [3.05, 3.63) is 108 Å². The lowest BCUT2D eigenvalue weighted by atomic mass is 9.99. The summed E-state index contributed by atoms with van der Waals surface area (Å²) in [5, 5.41) is 0. The minimum absolute atomic E-state index is 0.397. The van der Waals surface area contributed by atoms with E-state index in [1.807, 2.05) is 12.1 Å². The first-order valence-corrected chi connectivity index (χ1v) is 8.32. The van der Waals surface area contributed by atoms with E-state index >= 15 is 0 Å². The van der Waals surface area contributed by atoms with E-state index in [2.05, 4.69) is 98.5 Å². The van der Waals surface area contributed by atoms with Crippen LogP contribution in [-0.4, -0.2) is 0 Å². The van der Waals surface area contributed by atoms with Crippen molar-refractivity contribution in [2.24, 2.45) is 0 Å². The normalized spacial score (nSPS) is 12.2. The number of allylic oxidation sites excluding steroid dienone is 1. The van der Waals surface area contributed by atoms with Gasteiger partial charge < -0.3 is 0 Å². The molecule has 118 valence electrons. The van der Waals surface area contributed by atoms with Crippen molar-refractivity contribution in [2.75, 3.05) is 0 Å². The Balaban J connectivity index is 1.71. The van der Waals surface area contributed by atoms with E-state index in [0.29, 0.717) is 5.92 Å². The highest BCUT2D eigenvalue weighted by atomic mass is 14.0. The second kappa shape index (κ2) is 7.61. The molecule has 0 saturated carbocycles. The van der Waals surface area contributed by atoms with Gasteiger partial charge >= 0.3 is 0 Å². The molecule has 24 heavy (non-hydrogen) atoms. The van der Waals surface area contributed by atoms with Crippen LogP contribution in [0.5, 0.6) is 0 Å². The lowest BCUT2D eigenvalue weighted by molar-refractivity contribution is 0.971. The zero-order chi connectivity index (χ0) is 16.8. The van der Waals surface area contributed by atoms with Gasteiger partial charge in [0.15, 0.2) is 0 Å². The van der Waals surface area contributed by atoms with Crippen molar-refractivity contribution in [1.82, 2.24) is 0 Å². The quantitative estimate of drug-likeness (QED) is 0.358. The molecule has 0 amide bonds. The first kappa shape index (κ1) is 16.0. The average Bonchev–Trinajstić information content (AvgIpc) is 2.67. The monoisotopic (exact) mass is 310 g/mol. The van der Waals surface area contributed by atoms with Crippen molar-refractivity contribution in [3.63, 3.8) is 0 Å². The Bertz CT molecular complexity index is 806. The van der Waals surface area contributed by atoms with Crippen LogP contribution in [0.4, 0.5) is 0 Å². The van der Waals surface area contributed by atoms with Crippen LogP contribution in [0, 0.1) is 0 Å². The fourth-order valence-corrected chi connectivity index (χ4v) is 2.66. The highest BCUT2D eigenvalue weighted by Gasteiger charge is 1.99. The van der Waals surface area contributed by atoms with Crippen molar-refractivity contribution in [3.8, 4) is 11.1 Å². The maximum Gasteiger partial charge on any atom is -0.00131 e. The summed E-state index contributed by atoms with van der Waals surface area (Å²) in [6.45, 7) is 6.01. The van der Waals surface area contributed by atoms with Gasteiger partial charge in [0.2, 0.25) is 0 Å². The first-order chi connectivity index (χ1) is 11.8. The summed E-state index contributed by atoms with van der Waals surface area (Å²) in [5.74, 6) is 0.397. The summed E-state index contributed by atoms with van der Waals surface area (Å²) < 4.78 is 0. The highest BCUT2D eigenvalue weighted by molar-refractivity contribution is 5.72. The summed E-state index contributed by atoms with van der Waals surface area (Å²) in [5.41, 5.74) is 6.21. The lowest BCUT2D eigenvalue weighted by Crippen LogP contribution is -1.87. The molecular weight excluding hydrogens is 288 g/mol. The molecule has 0 bridgehead atoms. The van der Waals surface area contributed by atoms with Crippen LogP contribution in [0.15, 0.2) is 91.5 Å². The van der Waals surface area contributed by atoms with E-state index in [-0.39, 0.29) is 0 Å². The molecule has 0 fully saturated rings. The van der Waals surface area contributed by atoms with E-state index < -0.39 is 0 Å². The van der Waals surface area contributed by atoms with Crippen LogP contribution in [0.3, 0.4) is 0 Å². The lowest BCUT2D eigenvalue weighted by Gasteiger charge is -2.06. The van der Waals surface area contributed by atoms with Gasteiger partial charge in [-0.05, 0) is 33.7 Å². The SMILES string of the molecule is C=CC(C)c1ccc(C=Cc2ccc(-c3ccccc3)cc2)cc1. The minimum Gasteiger partial charge on any atom is -0.102 e. The van der Waals surface area contributed by atoms with Crippen molar-refractivity contribution < 1.29 is 0 Å². The van der Waals surface area contributed by atoms with Gasteiger partial charge in [0, 0.05) is 0 Å². The Morgan fingerprint density at radius 3 is 1.71 bits per heavy atom. The molecular formula is C24H22. The van der Waals surface area contributed by atoms with Gasteiger partial charge in [-0.1, -0.05) is 104 Å². The predicted octanol–water partition coefficient (Wildman–Crippen LogP) is 6.81. The van der Waals surface area contributed by atoms with E-state index in [1.165, 1.54) is 27.8 Å². The van der Waals surface area contributed by atoms with Gasteiger partial charge in [0.05, 0.1) is 0 Å². The van der Waals surface area contributed by atoms with E-state index in [9.17, 15) is 0 Å². The van der Waals surface area contributed by atoms with E-state index in [1.54, 1.807) is 0 Å². The number of rotatable bonds is 5. The topological polar surface area (TPSA) is 0 Å². The molecule has 0 aliphatic rings. The molecule has 3 aromatic rings. The molecule has 0 heteroatoms. The van der Waals surface area contributed by atoms with Crippen molar-refractivity contribution >= 4 is 12.2 Å². The Labute approximate surface area is 144 Å². The molecule has 1 atom stereocenters. The van der Waals surface area contributed by atoms with E-state index in [0.717, 1.165) is 0 Å². The van der Waals surface area contributed by atoms with Gasteiger partial charge in [0.1, 0.15) is 0 Å². The highest BCUT2D eigenvalue weighted by Crippen LogP contribution is 2.21. The third kappa shape index (κ3) is 3.91. The molecule has 0 N–H and O–H groups in total. The molecule has 0 heterocycles. The van der Waals surface area contributed by atoms with Crippen LogP contribution in [-0.2, 0) is 0 Å². The number of benzene rings is 3. The molecule has 0 spiro atoms. The Kier molecular flexibility index (Phi) is 5.08. The zero-order valence-corrected chi connectivity index (χ0v) is 14.0. The Morgan fingerprint density at radius 1 is 0.667 bits per heavy atom. The standard InChI is InChI=1S/C24H22/c1-3-19(2)22-15-11-20(12-16-22)9-10-21-13-17-24(18-14-21)23-7-5-4-6-8-23/h3-19H,1H2,2H3. The first-order valence-electron chi connectivity index (χ1n) is 8.32. The summed E-state index contributed by atoms with van der Waals surface area (Å²) in [7, 11) is 0. The molecule has 3 aromatic carbocycles. The second-order valence-electron chi connectivity index (χ2n) is 6.01. The Hall–Kier alpha value is -2.86.